The topological polar surface area (TPSA) is 41.1 Å². The van der Waals surface area contributed by atoms with Crippen LogP contribution in [0.4, 0.5) is 0 Å². The number of carbonyl (C=O) groups excluding carboxylic acids is 1. The Morgan fingerprint density at radius 3 is 2.50 bits per heavy atom. The van der Waals surface area contributed by atoms with Gasteiger partial charge in [0.2, 0.25) is 5.91 Å². The molecule has 96 valence electrons. The van der Waals surface area contributed by atoms with Gasteiger partial charge in [0.1, 0.15) is 0 Å². The van der Waals surface area contributed by atoms with Crippen molar-refractivity contribution >= 4 is 17.7 Å². The van der Waals surface area contributed by atoms with Crippen LogP contribution >= 0.6 is 11.8 Å². The Bertz CT molecular complexity index is 186. The van der Waals surface area contributed by atoms with Gasteiger partial charge in [-0.25, -0.2) is 0 Å². The minimum Gasteiger partial charge on any atom is -0.355 e. The summed E-state index contributed by atoms with van der Waals surface area (Å²) in [6, 6.07) is 0.420. The summed E-state index contributed by atoms with van der Waals surface area (Å²) in [5.74, 6) is 1.90. The number of hydrogen-bond donors (Lipinski definition) is 2. The van der Waals surface area contributed by atoms with Crippen LogP contribution in [0.25, 0.3) is 0 Å². The van der Waals surface area contributed by atoms with Crippen LogP contribution in [0, 0.1) is 5.92 Å². The van der Waals surface area contributed by atoms with Gasteiger partial charge in [-0.15, -0.1) is 0 Å². The molecular formula is C12H26N2OS. The largest absolute Gasteiger partial charge is 0.355 e. The first-order valence-corrected chi connectivity index (χ1v) is 7.44. The Balaban J connectivity index is 3.42. The van der Waals surface area contributed by atoms with Gasteiger partial charge < -0.3 is 10.6 Å². The van der Waals surface area contributed by atoms with Crippen molar-refractivity contribution in [3.8, 4) is 0 Å². The number of rotatable bonds is 9. The van der Waals surface area contributed by atoms with Gasteiger partial charge in [-0.3, -0.25) is 4.79 Å². The summed E-state index contributed by atoms with van der Waals surface area (Å²) < 4.78 is 0. The van der Waals surface area contributed by atoms with E-state index in [9.17, 15) is 4.79 Å². The minimum atomic E-state index is 0.108. The van der Waals surface area contributed by atoms with Crippen molar-refractivity contribution in [2.24, 2.45) is 5.92 Å². The monoisotopic (exact) mass is 246 g/mol. The minimum absolute atomic E-state index is 0.108. The molecular weight excluding hydrogens is 220 g/mol. The summed E-state index contributed by atoms with van der Waals surface area (Å²) in [5.41, 5.74) is 0. The maximum Gasteiger partial charge on any atom is 0.233 e. The van der Waals surface area contributed by atoms with Crippen LogP contribution in [0.3, 0.4) is 0 Å². The number of carbonyl (C=O) groups is 1. The molecule has 0 aliphatic heterocycles. The number of thioether (sulfide) groups is 1. The van der Waals surface area contributed by atoms with E-state index in [1.165, 1.54) is 0 Å². The molecule has 0 spiro atoms. The third kappa shape index (κ3) is 10.3. The van der Waals surface area contributed by atoms with Crippen LogP contribution in [-0.2, 0) is 4.79 Å². The van der Waals surface area contributed by atoms with Crippen molar-refractivity contribution in [2.45, 2.75) is 39.7 Å². The molecule has 16 heavy (non-hydrogen) atoms. The van der Waals surface area contributed by atoms with Gasteiger partial charge in [0.05, 0.1) is 6.54 Å². The van der Waals surface area contributed by atoms with Crippen molar-refractivity contribution in [1.82, 2.24) is 10.6 Å². The first-order chi connectivity index (χ1) is 7.56. The molecule has 1 atom stereocenters. The molecule has 4 heteroatoms. The SMILES string of the molecule is CSCCC(C)NCC(=O)NCCC(C)C. The molecule has 0 heterocycles. The Labute approximate surface area is 104 Å². The van der Waals surface area contributed by atoms with E-state index in [0.717, 1.165) is 25.1 Å². The quantitative estimate of drug-likeness (QED) is 0.653. The normalized spacial score (nSPS) is 12.8. The summed E-state index contributed by atoms with van der Waals surface area (Å²) in [5, 5.41) is 6.15. The molecule has 3 nitrogen and oxygen atoms in total. The number of amides is 1. The second-order valence-electron chi connectivity index (χ2n) is 4.60. The molecule has 0 aliphatic rings. The van der Waals surface area contributed by atoms with Crippen LogP contribution in [-0.4, -0.2) is 37.0 Å². The van der Waals surface area contributed by atoms with Crippen molar-refractivity contribution in [1.29, 1.82) is 0 Å². The first-order valence-electron chi connectivity index (χ1n) is 6.05. The van der Waals surface area contributed by atoms with Gasteiger partial charge in [-0.1, -0.05) is 13.8 Å². The zero-order valence-electron chi connectivity index (χ0n) is 11.0. The molecule has 0 saturated heterocycles. The Hall–Kier alpha value is -0.220. The van der Waals surface area contributed by atoms with Gasteiger partial charge in [0.25, 0.3) is 0 Å². The van der Waals surface area contributed by atoms with Gasteiger partial charge >= 0.3 is 0 Å². The summed E-state index contributed by atoms with van der Waals surface area (Å²) in [6.45, 7) is 7.67. The van der Waals surface area contributed by atoms with Gasteiger partial charge in [0.15, 0.2) is 0 Å². The number of hydrogen-bond acceptors (Lipinski definition) is 3. The van der Waals surface area contributed by atoms with Gasteiger partial charge in [-0.2, -0.15) is 11.8 Å². The van der Waals surface area contributed by atoms with E-state index in [4.69, 9.17) is 0 Å². The zero-order valence-corrected chi connectivity index (χ0v) is 11.8. The van der Waals surface area contributed by atoms with Crippen LogP contribution < -0.4 is 10.6 Å². The predicted molar refractivity (Wildman–Crippen MR) is 72.9 cm³/mol. The Morgan fingerprint density at radius 1 is 1.25 bits per heavy atom. The molecule has 0 saturated carbocycles. The molecule has 0 bridgehead atoms. The molecule has 0 aromatic rings. The van der Waals surface area contributed by atoms with E-state index in [-0.39, 0.29) is 5.91 Å². The first kappa shape index (κ1) is 15.8. The summed E-state index contributed by atoms with van der Waals surface area (Å²) >= 11 is 1.84. The lowest BCUT2D eigenvalue weighted by Crippen LogP contribution is -2.38. The lowest BCUT2D eigenvalue weighted by molar-refractivity contribution is -0.120. The maximum absolute atomic E-state index is 11.4. The van der Waals surface area contributed by atoms with Gasteiger partial charge in [-0.05, 0) is 37.7 Å². The van der Waals surface area contributed by atoms with Crippen molar-refractivity contribution in [3.63, 3.8) is 0 Å². The summed E-state index contributed by atoms with van der Waals surface area (Å²) in [6.07, 6.45) is 4.26. The molecule has 0 fully saturated rings. The molecule has 2 N–H and O–H groups in total. The lowest BCUT2D eigenvalue weighted by atomic mass is 10.1. The average molecular weight is 246 g/mol. The van der Waals surface area contributed by atoms with E-state index < -0.39 is 0 Å². The third-order valence-corrected chi connectivity index (χ3v) is 3.05. The van der Waals surface area contributed by atoms with E-state index in [0.29, 0.717) is 18.5 Å². The van der Waals surface area contributed by atoms with Crippen molar-refractivity contribution < 1.29 is 4.79 Å². The zero-order chi connectivity index (χ0) is 12.4. The standard InChI is InChI=1S/C12H26N2OS/c1-10(2)5-7-13-12(15)9-14-11(3)6-8-16-4/h10-11,14H,5-9H2,1-4H3,(H,13,15). The van der Waals surface area contributed by atoms with Crippen LogP contribution in [0.5, 0.6) is 0 Å². The highest BCUT2D eigenvalue weighted by molar-refractivity contribution is 7.98. The van der Waals surface area contributed by atoms with Crippen molar-refractivity contribution in [2.75, 3.05) is 25.1 Å². The second-order valence-corrected chi connectivity index (χ2v) is 5.58. The van der Waals surface area contributed by atoms with E-state index >= 15 is 0 Å². The maximum atomic E-state index is 11.4. The Kier molecular flexibility index (Phi) is 9.83. The third-order valence-electron chi connectivity index (χ3n) is 2.41. The van der Waals surface area contributed by atoms with Crippen LogP contribution in [0.15, 0.2) is 0 Å². The van der Waals surface area contributed by atoms with E-state index in [2.05, 4.69) is 37.7 Å². The highest BCUT2D eigenvalue weighted by atomic mass is 32.2. The van der Waals surface area contributed by atoms with Crippen LogP contribution in [0.1, 0.15) is 33.6 Å². The van der Waals surface area contributed by atoms with Gasteiger partial charge in [0, 0.05) is 12.6 Å². The predicted octanol–water partition coefficient (Wildman–Crippen LogP) is 1.88. The summed E-state index contributed by atoms with van der Waals surface area (Å²) in [4.78, 5) is 11.4. The molecule has 0 radical (unpaired) electrons. The molecule has 0 aliphatic carbocycles. The summed E-state index contributed by atoms with van der Waals surface area (Å²) in [7, 11) is 0. The second kappa shape index (κ2) is 9.97. The smallest absolute Gasteiger partial charge is 0.233 e. The molecule has 0 rings (SSSR count). The van der Waals surface area contributed by atoms with E-state index in [1.807, 2.05) is 11.8 Å². The lowest BCUT2D eigenvalue weighted by Gasteiger charge is -2.13. The molecule has 1 unspecified atom stereocenters. The fourth-order valence-corrected chi connectivity index (χ4v) is 1.82. The molecule has 0 aromatic heterocycles. The van der Waals surface area contributed by atoms with Crippen molar-refractivity contribution in [3.05, 3.63) is 0 Å². The highest BCUT2D eigenvalue weighted by Crippen LogP contribution is 1.99. The number of nitrogens with one attached hydrogen (secondary N) is 2. The molecule has 1 amide bonds. The van der Waals surface area contributed by atoms with Crippen LogP contribution in [0.2, 0.25) is 0 Å². The molecule has 0 aromatic carbocycles. The fraction of sp³-hybridized carbons (Fsp3) is 0.917. The Morgan fingerprint density at radius 2 is 1.94 bits per heavy atom. The van der Waals surface area contributed by atoms with E-state index in [1.54, 1.807) is 0 Å². The highest BCUT2D eigenvalue weighted by Gasteiger charge is 2.04. The fourth-order valence-electron chi connectivity index (χ4n) is 1.23. The average Bonchev–Trinajstić information content (AvgIpc) is 2.23.